The van der Waals surface area contributed by atoms with Crippen LogP contribution in [0.4, 0.5) is 4.39 Å². The zero-order chi connectivity index (χ0) is 12.8. The minimum absolute atomic E-state index is 0.135. The van der Waals surface area contributed by atoms with Crippen molar-refractivity contribution in [2.45, 2.75) is 19.9 Å². The first kappa shape index (κ1) is 13.4. The van der Waals surface area contributed by atoms with Crippen LogP contribution < -0.4 is 15.8 Å². The summed E-state index contributed by atoms with van der Waals surface area (Å²) in [6.07, 6.45) is 0. The number of likely N-dealkylation sites (N-methyl/N-ethyl adjacent to an activating group) is 1. The molecule has 1 unspecified atom stereocenters. The molecule has 0 saturated heterocycles. The molecule has 0 heterocycles. The second-order valence-electron chi connectivity index (χ2n) is 3.73. The Hall–Kier alpha value is -1.62. The van der Waals surface area contributed by atoms with Gasteiger partial charge in [-0.1, -0.05) is 6.92 Å². The lowest BCUT2D eigenvalue weighted by Crippen LogP contribution is -2.45. The molecule has 0 spiro atoms. The normalized spacial score (nSPS) is 12.2. The van der Waals surface area contributed by atoms with Gasteiger partial charge in [-0.2, -0.15) is 0 Å². The molecule has 1 atom stereocenters. The van der Waals surface area contributed by atoms with E-state index >= 15 is 0 Å². The van der Waals surface area contributed by atoms with Crippen LogP contribution in [0, 0.1) is 12.7 Å². The zero-order valence-electron chi connectivity index (χ0n) is 10.00. The van der Waals surface area contributed by atoms with Crippen LogP contribution >= 0.6 is 0 Å². The maximum atomic E-state index is 12.9. The number of primary amides is 1. The zero-order valence-corrected chi connectivity index (χ0v) is 10.00. The van der Waals surface area contributed by atoms with Crippen molar-refractivity contribution in [1.82, 2.24) is 5.32 Å². The minimum atomic E-state index is -0.538. The quantitative estimate of drug-likeness (QED) is 0.779. The molecule has 5 heteroatoms. The van der Waals surface area contributed by atoms with Crippen LogP contribution in [0.25, 0.3) is 0 Å². The van der Waals surface area contributed by atoms with Crippen LogP contribution in [0.15, 0.2) is 18.2 Å². The van der Waals surface area contributed by atoms with E-state index < -0.39 is 11.9 Å². The number of carbonyl (C=O) groups excluding carboxylic acids is 1. The summed E-state index contributed by atoms with van der Waals surface area (Å²) in [5.74, 6) is -0.227. The van der Waals surface area contributed by atoms with E-state index in [1.54, 1.807) is 6.92 Å². The van der Waals surface area contributed by atoms with Crippen molar-refractivity contribution in [1.29, 1.82) is 0 Å². The molecule has 1 aromatic rings. The Balaban J connectivity index is 2.62. The van der Waals surface area contributed by atoms with Crippen molar-refractivity contribution in [2.24, 2.45) is 5.73 Å². The van der Waals surface area contributed by atoms with Gasteiger partial charge in [0.1, 0.15) is 24.2 Å². The summed E-state index contributed by atoms with van der Waals surface area (Å²) in [4.78, 5) is 11.1. The number of carbonyl (C=O) groups is 1. The van der Waals surface area contributed by atoms with Crippen LogP contribution in [-0.2, 0) is 4.79 Å². The van der Waals surface area contributed by atoms with Gasteiger partial charge in [0.25, 0.3) is 0 Å². The highest BCUT2D eigenvalue weighted by molar-refractivity contribution is 5.80. The first-order chi connectivity index (χ1) is 8.04. The molecular formula is C12H17FN2O2. The topological polar surface area (TPSA) is 64.3 Å². The van der Waals surface area contributed by atoms with Crippen LogP contribution in [0.3, 0.4) is 0 Å². The Morgan fingerprint density at radius 3 is 2.82 bits per heavy atom. The van der Waals surface area contributed by atoms with Gasteiger partial charge in [0.2, 0.25) is 5.91 Å². The fourth-order valence-corrected chi connectivity index (χ4v) is 1.44. The van der Waals surface area contributed by atoms with Gasteiger partial charge < -0.3 is 15.8 Å². The number of aryl methyl sites for hydroxylation is 1. The second-order valence-corrected chi connectivity index (χ2v) is 3.73. The molecule has 1 amide bonds. The van der Waals surface area contributed by atoms with E-state index in [1.807, 2.05) is 6.92 Å². The fourth-order valence-electron chi connectivity index (χ4n) is 1.44. The lowest BCUT2D eigenvalue weighted by molar-refractivity contribution is -0.120. The molecule has 3 N–H and O–H groups in total. The first-order valence-corrected chi connectivity index (χ1v) is 5.46. The lowest BCUT2D eigenvalue weighted by atomic mass is 10.2. The van der Waals surface area contributed by atoms with Gasteiger partial charge >= 0.3 is 0 Å². The highest BCUT2D eigenvalue weighted by Gasteiger charge is 2.14. The number of nitrogens with one attached hydrogen (secondary N) is 1. The Bertz CT molecular complexity index is 396. The summed E-state index contributed by atoms with van der Waals surface area (Å²) < 4.78 is 18.3. The summed E-state index contributed by atoms with van der Waals surface area (Å²) in [6, 6.07) is 3.69. The minimum Gasteiger partial charge on any atom is -0.491 e. The Morgan fingerprint density at radius 2 is 2.29 bits per heavy atom. The number of hydrogen-bond donors (Lipinski definition) is 2. The molecule has 0 fully saturated rings. The van der Waals surface area contributed by atoms with Crippen molar-refractivity contribution in [3.8, 4) is 5.75 Å². The first-order valence-electron chi connectivity index (χ1n) is 5.46. The third-order valence-corrected chi connectivity index (χ3v) is 2.34. The van der Waals surface area contributed by atoms with E-state index in [2.05, 4.69) is 5.32 Å². The monoisotopic (exact) mass is 240 g/mol. The molecule has 0 aliphatic rings. The number of amides is 1. The second kappa shape index (κ2) is 6.20. The van der Waals surface area contributed by atoms with Gasteiger partial charge in [0, 0.05) is 0 Å². The SMILES string of the molecule is CCNC(COc1ccc(F)cc1C)C(N)=O. The van der Waals surface area contributed by atoms with Gasteiger partial charge in [-0.25, -0.2) is 4.39 Å². The summed E-state index contributed by atoms with van der Waals surface area (Å²) in [5, 5.41) is 2.91. The van der Waals surface area contributed by atoms with Crippen LogP contribution in [0.2, 0.25) is 0 Å². The fraction of sp³-hybridized carbons (Fsp3) is 0.417. The molecule has 94 valence electrons. The van der Waals surface area contributed by atoms with Crippen LogP contribution in [0.1, 0.15) is 12.5 Å². The summed E-state index contributed by atoms with van der Waals surface area (Å²) in [7, 11) is 0. The number of halogens is 1. The highest BCUT2D eigenvalue weighted by atomic mass is 19.1. The summed E-state index contributed by atoms with van der Waals surface area (Å²) in [5.41, 5.74) is 5.89. The third kappa shape index (κ3) is 4.03. The summed E-state index contributed by atoms with van der Waals surface area (Å²) in [6.45, 7) is 4.37. The molecular weight excluding hydrogens is 223 g/mol. The highest BCUT2D eigenvalue weighted by Crippen LogP contribution is 2.18. The van der Waals surface area contributed by atoms with Gasteiger partial charge in [-0.05, 0) is 37.2 Å². The molecule has 1 aromatic carbocycles. The predicted molar refractivity (Wildman–Crippen MR) is 63.3 cm³/mol. The van der Waals surface area contributed by atoms with Crippen molar-refractivity contribution in [2.75, 3.05) is 13.2 Å². The molecule has 0 radical (unpaired) electrons. The molecule has 0 aliphatic heterocycles. The number of ether oxygens (including phenoxy) is 1. The van der Waals surface area contributed by atoms with Crippen molar-refractivity contribution < 1.29 is 13.9 Å². The average Bonchev–Trinajstić information content (AvgIpc) is 2.25. The summed E-state index contributed by atoms with van der Waals surface area (Å²) >= 11 is 0. The van der Waals surface area contributed by atoms with Gasteiger partial charge in [-0.3, -0.25) is 4.79 Å². The molecule has 17 heavy (non-hydrogen) atoms. The number of nitrogens with two attached hydrogens (primary N) is 1. The number of benzene rings is 1. The van der Waals surface area contributed by atoms with Crippen molar-refractivity contribution >= 4 is 5.91 Å². The molecule has 4 nitrogen and oxygen atoms in total. The largest absolute Gasteiger partial charge is 0.491 e. The predicted octanol–water partition coefficient (Wildman–Crippen LogP) is 0.976. The van der Waals surface area contributed by atoms with Crippen molar-refractivity contribution in [3.63, 3.8) is 0 Å². The van der Waals surface area contributed by atoms with Gasteiger partial charge in [0.05, 0.1) is 0 Å². The van der Waals surface area contributed by atoms with E-state index in [1.165, 1.54) is 18.2 Å². The molecule has 0 saturated carbocycles. The molecule has 1 rings (SSSR count). The number of rotatable bonds is 6. The molecule has 0 aromatic heterocycles. The third-order valence-electron chi connectivity index (χ3n) is 2.34. The van der Waals surface area contributed by atoms with Gasteiger partial charge in [-0.15, -0.1) is 0 Å². The molecule has 0 aliphatic carbocycles. The maximum Gasteiger partial charge on any atom is 0.238 e. The van der Waals surface area contributed by atoms with E-state index in [0.29, 0.717) is 17.9 Å². The molecule has 0 bridgehead atoms. The van der Waals surface area contributed by atoms with Gasteiger partial charge in [0.15, 0.2) is 0 Å². The van der Waals surface area contributed by atoms with Crippen LogP contribution in [-0.4, -0.2) is 25.1 Å². The van der Waals surface area contributed by atoms with Crippen molar-refractivity contribution in [3.05, 3.63) is 29.6 Å². The smallest absolute Gasteiger partial charge is 0.238 e. The Morgan fingerprint density at radius 1 is 1.59 bits per heavy atom. The Kier molecular flexibility index (Phi) is 4.90. The van der Waals surface area contributed by atoms with E-state index in [4.69, 9.17) is 10.5 Å². The van der Waals surface area contributed by atoms with E-state index in [-0.39, 0.29) is 12.4 Å². The van der Waals surface area contributed by atoms with Crippen LogP contribution in [0.5, 0.6) is 5.75 Å². The van der Waals surface area contributed by atoms with E-state index in [0.717, 1.165) is 0 Å². The Labute approximate surface area is 100.0 Å². The average molecular weight is 240 g/mol. The standard InChI is InChI=1S/C12H17FN2O2/c1-3-15-10(12(14)16)7-17-11-5-4-9(13)6-8(11)2/h4-6,10,15H,3,7H2,1-2H3,(H2,14,16). The maximum absolute atomic E-state index is 12.9. The van der Waals surface area contributed by atoms with E-state index in [9.17, 15) is 9.18 Å². The lowest BCUT2D eigenvalue weighted by Gasteiger charge is -2.16. The number of hydrogen-bond acceptors (Lipinski definition) is 3.